The molecule has 2 aromatic carbocycles. The first kappa shape index (κ1) is 21.4. The maximum atomic E-state index is 13.5. The number of halogens is 6. The van der Waals surface area contributed by atoms with Crippen LogP contribution in [0, 0.1) is 5.92 Å². The Kier molecular flexibility index (Phi) is 4.71. The van der Waals surface area contributed by atoms with E-state index >= 15 is 0 Å². The van der Waals surface area contributed by atoms with Gasteiger partial charge in [-0.3, -0.25) is 9.59 Å². The van der Waals surface area contributed by atoms with Gasteiger partial charge in [0.2, 0.25) is 5.91 Å². The molecule has 1 saturated carbocycles. The fourth-order valence-electron chi connectivity index (χ4n) is 4.17. The fourth-order valence-corrected chi connectivity index (χ4v) is 4.17. The summed E-state index contributed by atoms with van der Waals surface area (Å²) in [7, 11) is 0. The Morgan fingerprint density at radius 2 is 1.61 bits per heavy atom. The normalized spacial score (nSPS) is 24.4. The topological polar surface area (TPSA) is 46.2 Å². The van der Waals surface area contributed by atoms with Crippen molar-refractivity contribution in [2.45, 2.75) is 43.6 Å². The van der Waals surface area contributed by atoms with Gasteiger partial charge in [0.25, 0.3) is 0 Å². The summed E-state index contributed by atoms with van der Waals surface area (Å²) in [5.41, 5.74) is -4.15. The first-order valence-electron chi connectivity index (χ1n) is 9.57. The summed E-state index contributed by atoms with van der Waals surface area (Å²) in [5, 5.41) is 2.72. The second kappa shape index (κ2) is 6.83. The standard InChI is InChI=1S/C22H17F6NO2/c1-20(13-5-6-13)18(30)17(19(31)29-20)12-4-2-3-11(9-12)15-8-7-14(21(23,24)25)10-16(15)22(26,27)28/h2-4,7-10,13,17H,5-6H2,1H3,(H,29,31). The summed E-state index contributed by atoms with van der Waals surface area (Å²) in [6.45, 7) is 1.65. The number of amides is 1. The molecule has 0 bridgehead atoms. The van der Waals surface area contributed by atoms with E-state index in [1.807, 2.05) is 0 Å². The number of hydrogen-bond donors (Lipinski definition) is 1. The number of nitrogens with one attached hydrogen (secondary N) is 1. The summed E-state index contributed by atoms with van der Waals surface area (Å²) >= 11 is 0. The molecule has 1 saturated heterocycles. The quantitative estimate of drug-likeness (QED) is 0.516. The van der Waals surface area contributed by atoms with E-state index in [0.717, 1.165) is 18.9 Å². The largest absolute Gasteiger partial charge is 0.417 e. The minimum Gasteiger partial charge on any atom is -0.343 e. The van der Waals surface area contributed by atoms with Crippen molar-refractivity contribution < 1.29 is 35.9 Å². The van der Waals surface area contributed by atoms with Gasteiger partial charge < -0.3 is 5.32 Å². The number of benzene rings is 2. The van der Waals surface area contributed by atoms with Gasteiger partial charge in [-0.05, 0) is 60.6 Å². The number of ketones is 1. The molecular weight excluding hydrogens is 424 g/mol. The van der Waals surface area contributed by atoms with Gasteiger partial charge in [-0.15, -0.1) is 0 Å². The zero-order valence-electron chi connectivity index (χ0n) is 16.2. The van der Waals surface area contributed by atoms with Gasteiger partial charge in [0, 0.05) is 0 Å². The zero-order chi connectivity index (χ0) is 22.8. The summed E-state index contributed by atoms with van der Waals surface area (Å²) < 4.78 is 79.4. The van der Waals surface area contributed by atoms with Crippen LogP contribution in [0.3, 0.4) is 0 Å². The molecule has 31 heavy (non-hydrogen) atoms. The smallest absolute Gasteiger partial charge is 0.343 e. The van der Waals surface area contributed by atoms with E-state index in [-0.39, 0.29) is 28.9 Å². The minimum absolute atomic E-state index is 0.0285. The molecular formula is C22H17F6NO2. The van der Waals surface area contributed by atoms with Crippen LogP contribution in [0.1, 0.15) is 42.4 Å². The Labute approximate surface area is 173 Å². The van der Waals surface area contributed by atoms with Gasteiger partial charge in [0.15, 0.2) is 5.78 Å². The zero-order valence-corrected chi connectivity index (χ0v) is 16.2. The predicted octanol–water partition coefficient (Wildman–Crippen LogP) is 5.34. The van der Waals surface area contributed by atoms with Crippen LogP contribution in [0.5, 0.6) is 0 Å². The van der Waals surface area contributed by atoms with Crippen molar-refractivity contribution in [2.24, 2.45) is 5.92 Å². The van der Waals surface area contributed by atoms with E-state index in [9.17, 15) is 35.9 Å². The molecule has 2 fully saturated rings. The highest BCUT2D eigenvalue weighted by molar-refractivity contribution is 6.17. The lowest BCUT2D eigenvalue weighted by atomic mass is 9.84. The summed E-state index contributed by atoms with van der Waals surface area (Å²) in [6, 6.07) is 6.82. The first-order chi connectivity index (χ1) is 14.3. The van der Waals surface area contributed by atoms with Crippen LogP contribution in [0.25, 0.3) is 11.1 Å². The molecule has 0 aromatic heterocycles. The molecule has 0 spiro atoms. The third-order valence-corrected chi connectivity index (χ3v) is 6.00. The van der Waals surface area contributed by atoms with Crippen LogP contribution in [-0.2, 0) is 21.9 Å². The first-order valence-corrected chi connectivity index (χ1v) is 9.57. The van der Waals surface area contributed by atoms with E-state index in [1.54, 1.807) is 6.92 Å². The second-order valence-electron chi connectivity index (χ2n) is 8.14. The molecule has 2 unspecified atom stereocenters. The van der Waals surface area contributed by atoms with Gasteiger partial charge in [0.1, 0.15) is 5.92 Å². The van der Waals surface area contributed by atoms with Crippen molar-refractivity contribution in [2.75, 3.05) is 0 Å². The average molecular weight is 441 g/mol. The third-order valence-electron chi connectivity index (χ3n) is 6.00. The van der Waals surface area contributed by atoms with E-state index < -0.39 is 46.4 Å². The van der Waals surface area contributed by atoms with Crippen molar-refractivity contribution in [3.05, 3.63) is 59.2 Å². The van der Waals surface area contributed by atoms with E-state index in [0.29, 0.717) is 6.07 Å². The van der Waals surface area contributed by atoms with E-state index in [4.69, 9.17) is 0 Å². The van der Waals surface area contributed by atoms with Crippen LogP contribution >= 0.6 is 0 Å². The number of carbonyl (C=O) groups excluding carboxylic acids is 2. The van der Waals surface area contributed by atoms with Crippen LogP contribution < -0.4 is 5.32 Å². The molecule has 2 aliphatic rings. The van der Waals surface area contributed by atoms with Gasteiger partial charge >= 0.3 is 12.4 Å². The number of alkyl halides is 6. The van der Waals surface area contributed by atoms with E-state index in [2.05, 4.69) is 5.32 Å². The molecule has 0 radical (unpaired) electrons. The molecule has 9 heteroatoms. The molecule has 1 amide bonds. The van der Waals surface area contributed by atoms with Crippen molar-refractivity contribution >= 4 is 11.7 Å². The number of rotatable bonds is 3. The third kappa shape index (κ3) is 3.70. The highest BCUT2D eigenvalue weighted by Crippen LogP contribution is 2.46. The molecule has 3 nitrogen and oxygen atoms in total. The molecule has 1 N–H and O–H groups in total. The average Bonchev–Trinajstić information content (AvgIpc) is 3.49. The Morgan fingerprint density at radius 3 is 2.19 bits per heavy atom. The van der Waals surface area contributed by atoms with Gasteiger partial charge in [0.05, 0.1) is 16.7 Å². The lowest BCUT2D eigenvalue weighted by Crippen LogP contribution is -2.45. The maximum absolute atomic E-state index is 13.5. The lowest BCUT2D eigenvalue weighted by Gasteiger charge is -2.21. The summed E-state index contributed by atoms with van der Waals surface area (Å²) in [6.07, 6.45) is -8.36. The molecule has 1 aliphatic carbocycles. The lowest BCUT2D eigenvalue weighted by molar-refractivity contribution is -0.142. The second-order valence-corrected chi connectivity index (χ2v) is 8.14. The SMILES string of the molecule is CC1(C2CC2)NC(=O)C(c2cccc(-c3ccc(C(F)(F)F)cc3C(F)(F)F)c2)C1=O. The van der Waals surface area contributed by atoms with Crippen LogP contribution in [0.15, 0.2) is 42.5 Å². The highest BCUT2D eigenvalue weighted by Gasteiger charge is 2.57. The van der Waals surface area contributed by atoms with Gasteiger partial charge in [-0.25, -0.2) is 0 Å². The molecule has 4 rings (SSSR count). The van der Waals surface area contributed by atoms with Crippen molar-refractivity contribution in [1.82, 2.24) is 5.32 Å². The van der Waals surface area contributed by atoms with Crippen LogP contribution in [-0.4, -0.2) is 17.2 Å². The molecule has 2 atom stereocenters. The van der Waals surface area contributed by atoms with Gasteiger partial charge in [-0.1, -0.05) is 24.3 Å². The predicted molar refractivity (Wildman–Crippen MR) is 98.9 cm³/mol. The molecule has 164 valence electrons. The Balaban J connectivity index is 1.77. The molecule has 1 aliphatic heterocycles. The van der Waals surface area contributed by atoms with Crippen molar-refractivity contribution in [3.8, 4) is 11.1 Å². The minimum atomic E-state index is -5.03. The highest BCUT2D eigenvalue weighted by atomic mass is 19.4. The molecule has 1 heterocycles. The summed E-state index contributed by atoms with van der Waals surface area (Å²) in [4.78, 5) is 25.5. The maximum Gasteiger partial charge on any atom is 0.417 e. The van der Waals surface area contributed by atoms with Crippen molar-refractivity contribution in [1.29, 1.82) is 0 Å². The monoisotopic (exact) mass is 441 g/mol. The Hall–Kier alpha value is -2.84. The Bertz CT molecular complexity index is 1070. The Morgan fingerprint density at radius 1 is 0.935 bits per heavy atom. The number of hydrogen-bond acceptors (Lipinski definition) is 2. The summed E-state index contributed by atoms with van der Waals surface area (Å²) in [5.74, 6) is -2.01. The molecule has 2 aromatic rings. The fraction of sp³-hybridized carbons (Fsp3) is 0.364. The van der Waals surface area contributed by atoms with Crippen molar-refractivity contribution in [3.63, 3.8) is 0 Å². The number of Topliss-reactive ketones (excluding diaryl/α,β-unsaturated/α-hetero) is 1. The van der Waals surface area contributed by atoms with Crippen LogP contribution in [0.2, 0.25) is 0 Å². The van der Waals surface area contributed by atoms with Gasteiger partial charge in [-0.2, -0.15) is 26.3 Å². The van der Waals surface area contributed by atoms with E-state index in [1.165, 1.54) is 24.3 Å². The van der Waals surface area contributed by atoms with Crippen LogP contribution in [0.4, 0.5) is 26.3 Å². The number of carbonyl (C=O) groups is 2.